The summed E-state index contributed by atoms with van der Waals surface area (Å²) < 4.78 is 5.72. The van der Waals surface area contributed by atoms with Crippen LogP contribution >= 0.6 is 11.6 Å². The molecule has 2 heterocycles. The third-order valence-corrected chi connectivity index (χ3v) is 4.27. The first-order valence-electron chi connectivity index (χ1n) is 7.42. The zero-order chi connectivity index (χ0) is 14.7. The van der Waals surface area contributed by atoms with Crippen LogP contribution < -0.4 is 5.32 Å². The third-order valence-electron chi connectivity index (χ3n) is 3.90. The Morgan fingerprint density at radius 3 is 2.80 bits per heavy atom. The standard InChI is InChI=1S/C15H24ClN3O/c1-5-12-11(6-7-20-12)8-17-15-10(4)13(16)18-14(19-15)9(2)3/h9,11-12H,5-8H2,1-4H3,(H,17,18,19). The molecule has 0 radical (unpaired) electrons. The molecule has 5 heteroatoms. The number of hydrogen-bond acceptors (Lipinski definition) is 4. The second-order valence-electron chi connectivity index (χ2n) is 5.75. The lowest BCUT2D eigenvalue weighted by molar-refractivity contribution is 0.0900. The van der Waals surface area contributed by atoms with Gasteiger partial charge in [-0.15, -0.1) is 0 Å². The Balaban J connectivity index is 2.08. The maximum absolute atomic E-state index is 6.20. The van der Waals surface area contributed by atoms with Crippen molar-refractivity contribution >= 4 is 17.4 Å². The number of rotatable bonds is 5. The van der Waals surface area contributed by atoms with Crippen molar-refractivity contribution in [1.82, 2.24) is 9.97 Å². The van der Waals surface area contributed by atoms with Crippen LogP contribution in [-0.2, 0) is 4.74 Å². The highest BCUT2D eigenvalue weighted by Gasteiger charge is 2.26. The van der Waals surface area contributed by atoms with Crippen LogP contribution in [0.5, 0.6) is 0 Å². The van der Waals surface area contributed by atoms with Crippen molar-refractivity contribution in [1.29, 1.82) is 0 Å². The molecule has 2 rings (SSSR count). The van der Waals surface area contributed by atoms with Gasteiger partial charge in [0.05, 0.1) is 6.10 Å². The number of nitrogens with zero attached hydrogens (tertiary/aromatic N) is 2. The quantitative estimate of drug-likeness (QED) is 0.840. The number of aromatic nitrogens is 2. The summed E-state index contributed by atoms with van der Waals surface area (Å²) in [6, 6.07) is 0. The molecule has 1 N–H and O–H groups in total. The minimum absolute atomic E-state index is 0.270. The molecule has 0 bridgehead atoms. The molecule has 1 aliphatic heterocycles. The first-order valence-corrected chi connectivity index (χ1v) is 7.80. The molecule has 1 aliphatic rings. The van der Waals surface area contributed by atoms with Gasteiger partial charge in [-0.2, -0.15) is 0 Å². The van der Waals surface area contributed by atoms with Gasteiger partial charge < -0.3 is 10.1 Å². The van der Waals surface area contributed by atoms with Gasteiger partial charge in [0.2, 0.25) is 0 Å². The minimum Gasteiger partial charge on any atom is -0.378 e. The van der Waals surface area contributed by atoms with Gasteiger partial charge in [0.1, 0.15) is 16.8 Å². The van der Waals surface area contributed by atoms with Gasteiger partial charge in [0, 0.05) is 30.6 Å². The molecule has 4 nitrogen and oxygen atoms in total. The number of halogens is 1. The second-order valence-corrected chi connectivity index (χ2v) is 6.11. The Morgan fingerprint density at radius 1 is 1.40 bits per heavy atom. The molecule has 0 aliphatic carbocycles. The molecule has 112 valence electrons. The van der Waals surface area contributed by atoms with Crippen molar-refractivity contribution < 1.29 is 4.74 Å². The maximum atomic E-state index is 6.20. The Hall–Kier alpha value is -0.870. The molecule has 0 amide bonds. The van der Waals surface area contributed by atoms with Gasteiger partial charge in [0.25, 0.3) is 0 Å². The van der Waals surface area contributed by atoms with E-state index in [1.165, 1.54) is 0 Å². The Kier molecular flexibility index (Phi) is 5.22. The molecular weight excluding hydrogens is 274 g/mol. The largest absolute Gasteiger partial charge is 0.378 e. The van der Waals surface area contributed by atoms with Crippen molar-refractivity contribution in [2.75, 3.05) is 18.5 Å². The van der Waals surface area contributed by atoms with E-state index in [0.717, 1.165) is 43.2 Å². The predicted molar refractivity (Wildman–Crippen MR) is 82.5 cm³/mol. The fraction of sp³-hybridized carbons (Fsp3) is 0.733. The highest BCUT2D eigenvalue weighted by atomic mass is 35.5. The number of nitrogens with one attached hydrogen (secondary N) is 1. The Labute approximate surface area is 126 Å². The molecule has 1 fully saturated rings. The summed E-state index contributed by atoms with van der Waals surface area (Å²) in [6.45, 7) is 10.0. The fourth-order valence-electron chi connectivity index (χ4n) is 2.54. The summed E-state index contributed by atoms with van der Waals surface area (Å²) in [7, 11) is 0. The lowest BCUT2D eigenvalue weighted by atomic mass is 10.00. The van der Waals surface area contributed by atoms with E-state index in [0.29, 0.717) is 17.2 Å². The van der Waals surface area contributed by atoms with E-state index in [1.54, 1.807) is 0 Å². The normalized spacial score (nSPS) is 22.5. The monoisotopic (exact) mass is 297 g/mol. The SMILES string of the molecule is CCC1OCCC1CNc1nc(C(C)C)nc(Cl)c1C. The molecule has 0 aromatic carbocycles. The summed E-state index contributed by atoms with van der Waals surface area (Å²) in [5.41, 5.74) is 0.919. The molecule has 0 saturated carbocycles. The van der Waals surface area contributed by atoms with E-state index in [4.69, 9.17) is 16.3 Å². The fourth-order valence-corrected chi connectivity index (χ4v) is 2.72. The van der Waals surface area contributed by atoms with E-state index < -0.39 is 0 Å². The van der Waals surface area contributed by atoms with Gasteiger partial charge in [-0.05, 0) is 19.8 Å². The number of anilines is 1. The Bertz CT molecular complexity index is 465. The van der Waals surface area contributed by atoms with Crippen molar-refractivity contribution in [3.05, 3.63) is 16.5 Å². The average molecular weight is 298 g/mol. The molecule has 1 aromatic rings. The van der Waals surface area contributed by atoms with E-state index in [-0.39, 0.29) is 5.92 Å². The summed E-state index contributed by atoms with van der Waals surface area (Å²) in [5, 5.41) is 3.98. The van der Waals surface area contributed by atoms with E-state index >= 15 is 0 Å². The van der Waals surface area contributed by atoms with E-state index in [1.807, 2.05) is 6.92 Å². The molecule has 2 atom stereocenters. The van der Waals surface area contributed by atoms with Crippen LogP contribution in [0.1, 0.15) is 50.9 Å². The third kappa shape index (κ3) is 3.41. The minimum atomic E-state index is 0.270. The summed E-state index contributed by atoms with van der Waals surface area (Å²) >= 11 is 6.20. The molecular formula is C15H24ClN3O. The first kappa shape index (κ1) is 15.5. The second kappa shape index (κ2) is 6.72. The van der Waals surface area contributed by atoms with Gasteiger partial charge in [-0.3, -0.25) is 0 Å². The zero-order valence-electron chi connectivity index (χ0n) is 12.7. The molecule has 20 heavy (non-hydrogen) atoms. The number of hydrogen-bond donors (Lipinski definition) is 1. The van der Waals surface area contributed by atoms with Gasteiger partial charge in [-0.25, -0.2) is 9.97 Å². The van der Waals surface area contributed by atoms with Gasteiger partial charge >= 0.3 is 0 Å². The van der Waals surface area contributed by atoms with Crippen LogP contribution in [0.2, 0.25) is 5.15 Å². The first-order chi connectivity index (χ1) is 9.52. The lowest BCUT2D eigenvalue weighted by Gasteiger charge is -2.19. The highest BCUT2D eigenvalue weighted by molar-refractivity contribution is 6.30. The van der Waals surface area contributed by atoms with Crippen molar-refractivity contribution in [3.8, 4) is 0 Å². The van der Waals surface area contributed by atoms with Crippen LogP contribution in [0, 0.1) is 12.8 Å². The summed E-state index contributed by atoms with van der Waals surface area (Å²) in [5.74, 6) is 2.47. The van der Waals surface area contributed by atoms with Crippen LogP contribution in [0.25, 0.3) is 0 Å². The van der Waals surface area contributed by atoms with E-state index in [9.17, 15) is 0 Å². The van der Waals surface area contributed by atoms with Crippen LogP contribution in [0.4, 0.5) is 5.82 Å². The average Bonchev–Trinajstić information content (AvgIpc) is 2.87. The Morgan fingerprint density at radius 2 is 2.15 bits per heavy atom. The molecule has 2 unspecified atom stereocenters. The van der Waals surface area contributed by atoms with Gasteiger partial charge in [-0.1, -0.05) is 32.4 Å². The smallest absolute Gasteiger partial charge is 0.137 e. The highest BCUT2D eigenvalue weighted by Crippen LogP contribution is 2.26. The predicted octanol–water partition coefficient (Wildman–Crippen LogP) is 3.79. The molecule has 0 spiro atoms. The maximum Gasteiger partial charge on any atom is 0.137 e. The molecule has 1 saturated heterocycles. The van der Waals surface area contributed by atoms with Gasteiger partial charge in [0.15, 0.2) is 0 Å². The summed E-state index contributed by atoms with van der Waals surface area (Å²) in [6.07, 6.45) is 2.54. The molecule has 1 aromatic heterocycles. The summed E-state index contributed by atoms with van der Waals surface area (Å²) in [4.78, 5) is 8.93. The van der Waals surface area contributed by atoms with Crippen LogP contribution in [0.15, 0.2) is 0 Å². The van der Waals surface area contributed by atoms with Crippen molar-refractivity contribution in [2.45, 2.75) is 52.6 Å². The van der Waals surface area contributed by atoms with Crippen LogP contribution in [-0.4, -0.2) is 29.2 Å². The topological polar surface area (TPSA) is 47.0 Å². The van der Waals surface area contributed by atoms with E-state index in [2.05, 4.69) is 36.1 Å². The van der Waals surface area contributed by atoms with Crippen LogP contribution in [0.3, 0.4) is 0 Å². The van der Waals surface area contributed by atoms with Crippen molar-refractivity contribution in [2.24, 2.45) is 5.92 Å². The number of ether oxygens (including phenoxy) is 1. The lowest BCUT2D eigenvalue weighted by Crippen LogP contribution is -2.23. The zero-order valence-corrected chi connectivity index (χ0v) is 13.5. The van der Waals surface area contributed by atoms with Crippen molar-refractivity contribution in [3.63, 3.8) is 0 Å².